The zero-order valence-electron chi connectivity index (χ0n) is 27.9. The molecule has 0 aromatic heterocycles. The summed E-state index contributed by atoms with van der Waals surface area (Å²) in [6.07, 6.45) is 13.7. The van der Waals surface area contributed by atoms with Crippen molar-refractivity contribution in [3.05, 3.63) is 0 Å². The van der Waals surface area contributed by atoms with E-state index in [0.29, 0.717) is 53.4 Å². The molecule has 4 fully saturated rings. The molecule has 0 aliphatic heterocycles. The molecule has 0 radical (unpaired) electrons. The molecule has 0 aromatic carbocycles. The monoisotopic (exact) mass is 627 g/mol. The van der Waals surface area contributed by atoms with Gasteiger partial charge in [-0.05, 0) is 162 Å². The first-order valence-electron chi connectivity index (χ1n) is 17.8. The van der Waals surface area contributed by atoms with E-state index < -0.39 is 16.5 Å². The average molecular weight is 628 g/mol. The van der Waals surface area contributed by atoms with Gasteiger partial charge in [-0.3, -0.25) is 4.55 Å². The van der Waals surface area contributed by atoms with Crippen LogP contribution in [0.2, 0.25) is 0 Å². The molecule has 4 rings (SSSR count). The Balaban J connectivity index is 1.32. The molecule has 252 valence electrons. The third-order valence-electron chi connectivity index (χ3n) is 13.1. The third-order valence-corrected chi connectivity index (χ3v) is 13.6. The lowest BCUT2D eigenvalue weighted by atomic mass is 9.43. The van der Waals surface area contributed by atoms with Crippen LogP contribution in [0.3, 0.4) is 0 Å². The molecule has 0 heterocycles. The Morgan fingerprint density at radius 3 is 2.30 bits per heavy atom. The van der Waals surface area contributed by atoms with E-state index in [1.54, 1.807) is 0 Å². The number of unbranched alkanes of at least 4 members (excludes halogenated alkanes) is 1. The van der Waals surface area contributed by atoms with Gasteiger partial charge in [-0.15, -0.1) is 0 Å². The van der Waals surface area contributed by atoms with Crippen molar-refractivity contribution in [2.75, 3.05) is 26.2 Å². The first-order chi connectivity index (χ1) is 20.3. The summed E-state index contributed by atoms with van der Waals surface area (Å²) >= 11 is 0. The van der Waals surface area contributed by atoms with Crippen LogP contribution in [0.5, 0.6) is 0 Å². The van der Waals surface area contributed by atoms with E-state index in [9.17, 15) is 18.1 Å². The fraction of sp³-hybridized carbons (Fsp3) is 1.00. The van der Waals surface area contributed by atoms with Crippen molar-refractivity contribution in [1.82, 2.24) is 10.6 Å². The van der Waals surface area contributed by atoms with Crippen molar-refractivity contribution in [3.8, 4) is 0 Å². The molecule has 0 bridgehead atoms. The molecule has 11 atom stereocenters. The highest BCUT2D eigenvalue weighted by Crippen LogP contribution is 2.68. The van der Waals surface area contributed by atoms with Crippen molar-refractivity contribution in [2.24, 2.45) is 58.0 Å². The van der Waals surface area contributed by atoms with E-state index in [-0.39, 0.29) is 17.4 Å². The SMILES string of the molecule is CC(C)[C@H](CC[C@@H](C)[C@H]1CC[C@H]2C3C(O)C[C@H]4C[C@@H](NCCCNCCCCN)CC[C@]4(C)C3CC[C@]12C)OS(=O)(=O)O. The number of aliphatic hydroxyl groups is 1. The van der Waals surface area contributed by atoms with Gasteiger partial charge in [0, 0.05) is 6.04 Å². The van der Waals surface area contributed by atoms with Crippen LogP contribution in [0.1, 0.15) is 118 Å². The normalized spacial score (nSPS) is 39.2. The van der Waals surface area contributed by atoms with Crippen LogP contribution in [-0.4, -0.2) is 62.5 Å². The van der Waals surface area contributed by atoms with Gasteiger partial charge in [-0.2, -0.15) is 8.42 Å². The quantitative estimate of drug-likeness (QED) is 0.111. The van der Waals surface area contributed by atoms with Crippen molar-refractivity contribution >= 4 is 10.4 Å². The highest BCUT2D eigenvalue weighted by Gasteiger charge is 2.62. The second-order valence-corrected chi connectivity index (χ2v) is 17.0. The maximum absolute atomic E-state index is 11.8. The summed E-state index contributed by atoms with van der Waals surface area (Å²) < 4.78 is 37.1. The van der Waals surface area contributed by atoms with Gasteiger partial charge >= 0.3 is 10.4 Å². The maximum Gasteiger partial charge on any atom is 0.397 e. The lowest BCUT2D eigenvalue weighted by Crippen LogP contribution is -2.59. The molecule has 3 unspecified atom stereocenters. The summed E-state index contributed by atoms with van der Waals surface area (Å²) in [6, 6.07) is 0.573. The van der Waals surface area contributed by atoms with Gasteiger partial charge < -0.3 is 21.5 Å². The van der Waals surface area contributed by atoms with Gasteiger partial charge in [0.05, 0.1) is 12.2 Å². The molecule has 0 spiro atoms. The van der Waals surface area contributed by atoms with Gasteiger partial charge in [-0.1, -0.05) is 34.6 Å². The van der Waals surface area contributed by atoms with Crippen molar-refractivity contribution in [1.29, 1.82) is 0 Å². The van der Waals surface area contributed by atoms with Gasteiger partial charge in [0.1, 0.15) is 0 Å². The van der Waals surface area contributed by atoms with Crippen molar-refractivity contribution in [2.45, 2.75) is 136 Å². The van der Waals surface area contributed by atoms with E-state index in [2.05, 4.69) is 31.4 Å². The van der Waals surface area contributed by atoms with E-state index in [4.69, 9.17) is 9.92 Å². The number of nitrogens with two attached hydrogens (primary N) is 1. The Kier molecular flexibility index (Phi) is 12.5. The summed E-state index contributed by atoms with van der Waals surface area (Å²) in [5.41, 5.74) is 6.13. The summed E-state index contributed by atoms with van der Waals surface area (Å²) in [6.45, 7) is 15.3. The molecule has 0 saturated heterocycles. The largest absolute Gasteiger partial charge is 0.397 e. The van der Waals surface area contributed by atoms with Crippen LogP contribution in [0.15, 0.2) is 0 Å². The van der Waals surface area contributed by atoms with Gasteiger partial charge in [0.25, 0.3) is 0 Å². The van der Waals surface area contributed by atoms with Crippen molar-refractivity contribution < 1.29 is 22.3 Å². The molecule has 4 aliphatic carbocycles. The average Bonchev–Trinajstić information content (AvgIpc) is 3.29. The molecule has 0 aromatic rings. The molecule has 9 heteroatoms. The summed E-state index contributed by atoms with van der Waals surface area (Å²) in [5, 5.41) is 19.2. The topological polar surface area (TPSA) is 134 Å². The minimum absolute atomic E-state index is 0.0152. The van der Waals surface area contributed by atoms with Crippen LogP contribution >= 0.6 is 0 Å². The Hall–Kier alpha value is -0.290. The van der Waals surface area contributed by atoms with Crippen LogP contribution < -0.4 is 16.4 Å². The number of hydrogen-bond acceptors (Lipinski definition) is 7. The minimum Gasteiger partial charge on any atom is -0.393 e. The third kappa shape index (κ3) is 8.36. The van der Waals surface area contributed by atoms with Gasteiger partial charge in [-0.25, -0.2) is 4.18 Å². The fourth-order valence-electron chi connectivity index (χ4n) is 10.7. The first-order valence-corrected chi connectivity index (χ1v) is 19.1. The number of nitrogens with one attached hydrogen (secondary N) is 2. The van der Waals surface area contributed by atoms with E-state index >= 15 is 0 Å². The highest BCUT2D eigenvalue weighted by molar-refractivity contribution is 7.80. The molecule has 43 heavy (non-hydrogen) atoms. The number of aliphatic hydroxyl groups excluding tert-OH is 1. The van der Waals surface area contributed by atoms with E-state index in [1.807, 2.05) is 13.8 Å². The summed E-state index contributed by atoms with van der Waals surface area (Å²) in [5.74, 6) is 3.21. The molecular formula is C34H65N3O5S. The number of hydrogen-bond donors (Lipinski definition) is 5. The second kappa shape index (κ2) is 15.1. The smallest absolute Gasteiger partial charge is 0.393 e. The van der Waals surface area contributed by atoms with Crippen LogP contribution in [0.25, 0.3) is 0 Å². The van der Waals surface area contributed by atoms with E-state index in [1.165, 1.54) is 44.9 Å². The Labute approximate surface area is 263 Å². The molecule has 4 aliphatic rings. The lowest BCUT2D eigenvalue weighted by molar-refractivity contribution is -0.167. The molecule has 0 amide bonds. The molecular weight excluding hydrogens is 562 g/mol. The predicted molar refractivity (Wildman–Crippen MR) is 174 cm³/mol. The summed E-state index contributed by atoms with van der Waals surface area (Å²) in [7, 11) is -4.45. The van der Waals surface area contributed by atoms with Crippen LogP contribution in [0.4, 0.5) is 0 Å². The first kappa shape index (κ1) is 35.6. The minimum atomic E-state index is -4.45. The van der Waals surface area contributed by atoms with Crippen LogP contribution in [-0.2, 0) is 14.6 Å². The number of fused-ring (bicyclic) bond motifs is 5. The fourth-order valence-corrected chi connectivity index (χ4v) is 11.3. The van der Waals surface area contributed by atoms with Crippen LogP contribution in [0, 0.1) is 52.3 Å². The molecule has 8 nitrogen and oxygen atoms in total. The standard InChI is InChI=1S/C34H65N3O5S/c1-23(2)31(42-43(39,40)41)12-9-24(3)27-10-11-28-32-29(14-16-34(27,28)5)33(4)15-13-26(21-25(33)22-30(32)38)37-20-8-19-36-18-7-6-17-35/h23-32,36-38H,6-22,35H2,1-5H3,(H,39,40,41)/t24-,25-,26+,27-,28+,29?,30?,31+,32?,33+,34-/m1/s1. The predicted octanol–water partition coefficient (Wildman–Crippen LogP) is 5.55. The Morgan fingerprint density at radius 1 is 0.907 bits per heavy atom. The zero-order chi connectivity index (χ0) is 31.4. The van der Waals surface area contributed by atoms with E-state index in [0.717, 1.165) is 58.3 Å². The Morgan fingerprint density at radius 2 is 1.60 bits per heavy atom. The molecule has 6 N–H and O–H groups in total. The summed E-state index contributed by atoms with van der Waals surface area (Å²) in [4.78, 5) is 0. The Bertz CT molecular complexity index is 981. The highest BCUT2D eigenvalue weighted by atomic mass is 32.3. The lowest BCUT2D eigenvalue weighted by Gasteiger charge is -2.62. The second-order valence-electron chi connectivity index (χ2n) is 15.9. The molecule has 4 saturated carbocycles. The van der Waals surface area contributed by atoms with Crippen molar-refractivity contribution in [3.63, 3.8) is 0 Å². The zero-order valence-corrected chi connectivity index (χ0v) is 28.7. The maximum atomic E-state index is 11.8. The number of rotatable bonds is 16. The van der Waals surface area contributed by atoms with Gasteiger partial charge in [0.15, 0.2) is 0 Å². The van der Waals surface area contributed by atoms with Gasteiger partial charge in [0.2, 0.25) is 0 Å².